The van der Waals surface area contributed by atoms with E-state index in [4.69, 9.17) is 33.2 Å². The first-order valence-corrected chi connectivity index (χ1v) is 41.2. The van der Waals surface area contributed by atoms with Crippen molar-refractivity contribution in [2.24, 2.45) is 0 Å². The van der Waals surface area contributed by atoms with Gasteiger partial charge in [-0.2, -0.15) is 0 Å². The van der Waals surface area contributed by atoms with Crippen LogP contribution in [0.4, 0.5) is 0 Å². The van der Waals surface area contributed by atoms with Gasteiger partial charge in [0.25, 0.3) is 11.8 Å². The molecule has 0 aliphatic carbocycles. The highest BCUT2D eigenvalue weighted by atomic mass is 16.6. The van der Waals surface area contributed by atoms with Crippen LogP contribution < -0.4 is 10.6 Å². The minimum absolute atomic E-state index is 0.0254. The van der Waals surface area contributed by atoms with Gasteiger partial charge < -0.3 is 94.9 Å². The fourth-order valence-electron chi connectivity index (χ4n) is 12.3. The van der Waals surface area contributed by atoms with Crippen molar-refractivity contribution in [2.75, 3.05) is 99.0 Å². The number of ether oxygens (including phenoxy) is 7. The first kappa shape index (κ1) is 98.3. The van der Waals surface area contributed by atoms with E-state index < -0.39 is 92.2 Å². The molecule has 0 bridgehead atoms. The highest BCUT2D eigenvalue weighted by molar-refractivity contribution is 5.81. The van der Waals surface area contributed by atoms with E-state index in [1.807, 2.05) is 0 Å². The quantitative estimate of drug-likeness (QED) is 0.0252. The molecule has 12 N–H and O–H groups in total. The van der Waals surface area contributed by atoms with Crippen molar-refractivity contribution in [2.45, 2.75) is 396 Å². The van der Waals surface area contributed by atoms with Gasteiger partial charge in [0.05, 0.1) is 66.1 Å². The number of hydrogen-bond acceptors (Lipinski definition) is 19. The van der Waals surface area contributed by atoms with E-state index in [2.05, 4.69) is 31.4 Å². The largest absolute Gasteiger partial charge is 0.394 e. The lowest BCUT2D eigenvalue weighted by Gasteiger charge is -2.25. The van der Waals surface area contributed by atoms with E-state index in [0.29, 0.717) is 19.8 Å². The maximum absolute atomic E-state index is 12.8. The van der Waals surface area contributed by atoms with Crippen molar-refractivity contribution >= 4 is 11.8 Å². The summed E-state index contributed by atoms with van der Waals surface area (Å²) in [4.78, 5) is 25.5. The Balaban J connectivity index is 5.91. The van der Waals surface area contributed by atoms with Crippen LogP contribution in [0.5, 0.6) is 0 Å². The van der Waals surface area contributed by atoms with Gasteiger partial charge in [0.2, 0.25) is 0 Å². The van der Waals surface area contributed by atoms with Crippen molar-refractivity contribution < 1.29 is 93.8 Å². The van der Waals surface area contributed by atoms with Gasteiger partial charge in [0, 0.05) is 32.9 Å². The van der Waals surface area contributed by atoms with Crippen LogP contribution in [0.2, 0.25) is 0 Å². The Morgan fingerprint density at radius 3 is 0.710 bits per heavy atom. The van der Waals surface area contributed by atoms with Gasteiger partial charge in [-0.3, -0.25) is 9.59 Å². The van der Waals surface area contributed by atoms with Gasteiger partial charge in [0.15, 0.2) is 12.2 Å². The van der Waals surface area contributed by atoms with Gasteiger partial charge >= 0.3 is 0 Å². The van der Waals surface area contributed by atoms with Gasteiger partial charge in [-0.1, -0.05) is 310 Å². The van der Waals surface area contributed by atoms with E-state index in [0.717, 1.165) is 57.8 Å². The first-order valence-electron chi connectivity index (χ1n) is 41.2. The standard InChI is InChI=1S/C79H158N2O19/c1-4-7-10-13-16-19-22-25-28-31-34-37-40-43-46-49-54-94-61-67(98-57-52-80-78(92)76(90)74(88)72(86)70(84)59-82)64-97-65-68(62-95-55-50-47-44-41-38-35-32-29-26-23-20-17-14-11-8-5-2)100-66-69(99-58-53-81-79(93)77(91)75(89)73(87)71(85)60-83)63-96-56-51-48-45-42-39-36-33-30-27-24-21-18-15-12-9-6-3/h67-77,82-91H,4-66H2,1-3H3,(H,80,92)(H,81,93)/t67?,68?,69?,70-,71-,72-,73-,74+,75+,76-,77-/m1/s1. The van der Waals surface area contributed by atoms with Gasteiger partial charge in [-0.05, 0) is 19.3 Å². The molecular weight excluding hydrogens is 1280 g/mol. The summed E-state index contributed by atoms with van der Waals surface area (Å²) >= 11 is 0. The predicted molar refractivity (Wildman–Crippen MR) is 399 cm³/mol. The van der Waals surface area contributed by atoms with Crippen molar-refractivity contribution in [3.8, 4) is 0 Å². The Labute approximate surface area is 608 Å². The van der Waals surface area contributed by atoms with Crippen molar-refractivity contribution in [3.63, 3.8) is 0 Å². The monoisotopic (exact) mass is 1440 g/mol. The number of nitrogens with one attached hydrogen (secondary N) is 2. The van der Waals surface area contributed by atoms with Crippen LogP contribution >= 0.6 is 0 Å². The zero-order valence-electron chi connectivity index (χ0n) is 64.0. The summed E-state index contributed by atoms with van der Waals surface area (Å²) in [6, 6.07) is 0. The third kappa shape index (κ3) is 61.4. The Kier molecular flexibility index (Phi) is 74.2. The third-order valence-electron chi connectivity index (χ3n) is 19.0. The lowest BCUT2D eigenvalue weighted by Crippen LogP contribution is -2.52. The molecule has 100 heavy (non-hydrogen) atoms. The number of hydrogen-bond donors (Lipinski definition) is 12. The predicted octanol–water partition coefficient (Wildman–Crippen LogP) is 12.1. The zero-order chi connectivity index (χ0) is 73.4. The summed E-state index contributed by atoms with van der Waals surface area (Å²) < 4.78 is 43.8. The van der Waals surface area contributed by atoms with Gasteiger partial charge in [0.1, 0.15) is 54.9 Å². The minimum Gasteiger partial charge on any atom is -0.394 e. The smallest absolute Gasteiger partial charge is 0.251 e. The second-order valence-electron chi connectivity index (χ2n) is 28.5. The molecule has 0 aliphatic rings. The zero-order valence-corrected chi connectivity index (χ0v) is 64.0. The SMILES string of the molecule is CCCCCCCCCCCCCCCCCCOCC(COCC(COCCCCCCCCCCCCCCCCCC)OCC(COCCCCCCCCCCCCCCCCCC)OCCNC(=O)[C@H](O)[C@@H](O)[C@H](O)[C@H](O)CO)OCCNC(=O)[C@H](O)[C@@H](O)[C@H](O)[C@H](O)CO. The summed E-state index contributed by atoms with van der Waals surface area (Å²) in [5.74, 6) is -2.01. The maximum atomic E-state index is 12.8. The lowest BCUT2D eigenvalue weighted by atomic mass is 10.0. The van der Waals surface area contributed by atoms with Crippen molar-refractivity contribution in [1.29, 1.82) is 0 Å². The molecule has 0 aromatic rings. The molecule has 0 heterocycles. The number of rotatable bonds is 82. The molecule has 0 spiro atoms. The van der Waals surface area contributed by atoms with Gasteiger partial charge in [-0.25, -0.2) is 0 Å². The van der Waals surface area contributed by atoms with E-state index in [1.165, 1.54) is 250 Å². The Morgan fingerprint density at radius 1 is 0.260 bits per heavy atom. The van der Waals surface area contributed by atoms with Crippen LogP contribution in [0.3, 0.4) is 0 Å². The molecule has 598 valence electrons. The molecule has 21 heteroatoms. The second-order valence-corrected chi connectivity index (χ2v) is 28.5. The van der Waals surface area contributed by atoms with E-state index in [-0.39, 0.29) is 65.9 Å². The average molecular weight is 1440 g/mol. The molecule has 3 unspecified atom stereocenters. The number of carbonyl (C=O) groups excluding carboxylic acids is 2. The Bertz CT molecular complexity index is 1680. The van der Waals surface area contributed by atoms with E-state index in [1.54, 1.807) is 0 Å². The number of carbonyl (C=O) groups is 2. The molecule has 0 aromatic heterocycles. The minimum atomic E-state index is -2.09. The molecule has 11 atom stereocenters. The summed E-state index contributed by atoms with van der Waals surface area (Å²) in [6.45, 7) is 7.19. The van der Waals surface area contributed by atoms with Crippen LogP contribution in [0, 0.1) is 0 Å². The highest BCUT2D eigenvalue weighted by Gasteiger charge is 2.35. The van der Waals surface area contributed by atoms with Crippen LogP contribution in [-0.4, -0.2) is 229 Å². The fourth-order valence-corrected chi connectivity index (χ4v) is 12.3. The van der Waals surface area contributed by atoms with Crippen LogP contribution in [0.1, 0.15) is 329 Å². The average Bonchev–Trinajstić information content (AvgIpc) is 0.995. The maximum Gasteiger partial charge on any atom is 0.251 e. The molecule has 21 nitrogen and oxygen atoms in total. The summed E-state index contributed by atoms with van der Waals surface area (Å²) in [5.41, 5.74) is 0. The molecule has 0 radical (unpaired) electrons. The van der Waals surface area contributed by atoms with Crippen LogP contribution in [-0.2, 0) is 42.7 Å². The molecule has 0 aliphatic heterocycles. The van der Waals surface area contributed by atoms with Crippen molar-refractivity contribution in [3.05, 3.63) is 0 Å². The third-order valence-corrected chi connectivity index (χ3v) is 19.0. The Hall–Kier alpha value is -1.74. The first-order chi connectivity index (χ1) is 48.8. The van der Waals surface area contributed by atoms with Gasteiger partial charge in [-0.15, -0.1) is 0 Å². The lowest BCUT2D eigenvalue weighted by molar-refractivity contribution is -0.150. The van der Waals surface area contributed by atoms with Crippen LogP contribution in [0.15, 0.2) is 0 Å². The molecular formula is C79H158N2O19. The molecule has 0 saturated heterocycles. The number of unbranched alkanes of at least 4 members (excludes halogenated alkanes) is 45. The summed E-state index contributed by atoms with van der Waals surface area (Å²) in [6.07, 6.45) is 43.2. The molecule has 0 rings (SSSR count). The summed E-state index contributed by atoms with van der Waals surface area (Å²) in [5, 5.41) is 104. The highest BCUT2D eigenvalue weighted by Crippen LogP contribution is 2.19. The normalized spacial score (nSPS) is 15.3. The van der Waals surface area contributed by atoms with E-state index in [9.17, 15) is 60.7 Å². The number of aliphatic hydroxyl groups excluding tert-OH is 10. The second kappa shape index (κ2) is 75.5. The fraction of sp³-hybridized carbons (Fsp3) is 0.975. The molecule has 2 amide bonds. The summed E-state index contributed by atoms with van der Waals surface area (Å²) in [7, 11) is 0. The Morgan fingerprint density at radius 2 is 0.470 bits per heavy atom. The topological polar surface area (TPSA) is 325 Å². The molecule has 0 saturated carbocycles. The number of aliphatic hydroxyl groups is 10. The van der Waals surface area contributed by atoms with Crippen molar-refractivity contribution in [1.82, 2.24) is 10.6 Å². The van der Waals surface area contributed by atoms with E-state index >= 15 is 0 Å². The number of amides is 2. The molecule has 0 fully saturated rings. The molecule has 0 aromatic carbocycles. The van der Waals surface area contributed by atoms with Crippen LogP contribution in [0.25, 0.3) is 0 Å².